The first-order chi connectivity index (χ1) is 14.3. The molecule has 5 heteroatoms. The summed E-state index contributed by atoms with van der Waals surface area (Å²) in [5, 5.41) is 4.53. The molecular weight excluding hydrogens is 380 g/mol. The number of ether oxygens (including phenoxy) is 2. The van der Waals surface area contributed by atoms with E-state index in [-0.39, 0.29) is 0 Å². The first-order valence-electron chi connectivity index (χ1n) is 10.8. The van der Waals surface area contributed by atoms with Crippen LogP contribution in [0.25, 0.3) is 0 Å². The van der Waals surface area contributed by atoms with Gasteiger partial charge in [-0.15, -0.1) is 0 Å². The molecule has 0 bridgehead atoms. The van der Waals surface area contributed by atoms with E-state index in [0.717, 1.165) is 29.7 Å². The number of benzene rings is 2. The van der Waals surface area contributed by atoms with Crippen LogP contribution in [-0.2, 0) is 13.1 Å². The van der Waals surface area contributed by atoms with E-state index < -0.39 is 0 Å². The van der Waals surface area contributed by atoms with Crippen molar-refractivity contribution in [3.05, 3.63) is 59.7 Å². The standard InChI is InChI=1S/C24H30N2O2S/c29-24(25-21-11-7-2-1-3-8-12-21)26(16-19-9-5-4-6-10-19)17-20-13-14-22-23(15-20)28-18-27-22/h4-6,9-10,13-15,21H,1-3,7-8,11-12,16-18H2,(H,25,29). The van der Waals surface area contributed by atoms with Crippen LogP contribution in [0.4, 0.5) is 0 Å². The molecule has 2 aromatic rings. The molecule has 1 aliphatic heterocycles. The lowest BCUT2D eigenvalue weighted by molar-refractivity contribution is 0.174. The normalized spacial score (nSPS) is 16.7. The third-order valence-electron chi connectivity index (χ3n) is 5.75. The Morgan fingerprint density at radius 1 is 0.862 bits per heavy atom. The maximum Gasteiger partial charge on any atom is 0.231 e. The molecule has 154 valence electrons. The first kappa shape index (κ1) is 20.0. The predicted molar refractivity (Wildman–Crippen MR) is 120 cm³/mol. The average molecular weight is 411 g/mol. The summed E-state index contributed by atoms with van der Waals surface area (Å²) in [6, 6.07) is 17.2. The van der Waals surface area contributed by atoms with Gasteiger partial charge in [0, 0.05) is 19.1 Å². The van der Waals surface area contributed by atoms with Crippen LogP contribution < -0.4 is 14.8 Å². The monoisotopic (exact) mass is 410 g/mol. The van der Waals surface area contributed by atoms with E-state index in [2.05, 4.69) is 52.7 Å². The van der Waals surface area contributed by atoms with Crippen LogP contribution in [0, 0.1) is 0 Å². The van der Waals surface area contributed by atoms with Gasteiger partial charge in [-0.05, 0) is 48.3 Å². The summed E-state index contributed by atoms with van der Waals surface area (Å²) in [4.78, 5) is 2.26. The van der Waals surface area contributed by atoms with Crippen molar-refractivity contribution in [3.63, 3.8) is 0 Å². The zero-order chi connectivity index (χ0) is 19.9. The molecule has 0 radical (unpaired) electrons. The van der Waals surface area contributed by atoms with Gasteiger partial charge in [0.15, 0.2) is 16.6 Å². The van der Waals surface area contributed by atoms with Crippen LogP contribution in [0.1, 0.15) is 56.1 Å². The molecule has 0 unspecified atom stereocenters. The molecule has 1 N–H and O–H groups in total. The van der Waals surface area contributed by atoms with Crippen molar-refractivity contribution < 1.29 is 9.47 Å². The van der Waals surface area contributed by atoms with Gasteiger partial charge in [-0.3, -0.25) is 0 Å². The number of thiocarbonyl (C=S) groups is 1. The second kappa shape index (κ2) is 9.97. The minimum Gasteiger partial charge on any atom is -0.454 e. The van der Waals surface area contributed by atoms with Crippen molar-refractivity contribution in [2.24, 2.45) is 0 Å². The lowest BCUT2D eigenvalue weighted by atomic mass is 9.97. The van der Waals surface area contributed by atoms with Gasteiger partial charge >= 0.3 is 0 Å². The predicted octanol–water partition coefficient (Wildman–Crippen LogP) is 5.40. The summed E-state index contributed by atoms with van der Waals surface area (Å²) in [6.07, 6.45) is 9.07. The highest BCUT2D eigenvalue weighted by Gasteiger charge is 2.19. The highest BCUT2D eigenvalue weighted by atomic mass is 32.1. The van der Waals surface area contributed by atoms with E-state index in [9.17, 15) is 0 Å². The SMILES string of the molecule is S=C(NC1CCCCCCC1)N(Cc1ccccc1)Cc1ccc2c(c1)OCO2. The van der Waals surface area contributed by atoms with Gasteiger partial charge in [0.25, 0.3) is 0 Å². The summed E-state index contributed by atoms with van der Waals surface area (Å²) in [6.45, 7) is 1.83. The highest BCUT2D eigenvalue weighted by Crippen LogP contribution is 2.33. The van der Waals surface area contributed by atoms with Crippen LogP contribution in [0.3, 0.4) is 0 Å². The Morgan fingerprint density at radius 2 is 1.55 bits per heavy atom. The number of hydrogen-bond acceptors (Lipinski definition) is 3. The number of nitrogens with one attached hydrogen (secondary N) is 1. The molecule has 0 aromatic heterocycles. The fourth-order valence-corrected chi connectivity index (χ4v) is 4.43. The molecule has 1 aliphatic carbocycles. The zero-order valence-corrected chi connectivity index (χ0v) is 17.8. The maximum absolute atomic E-state index is 5.89. The van der Waals surface area contributed by atoms with Crippen molar-refractivity contribution in [1.82, 2.24) is 10.2 Å². The number of hydrogen-bond donors (Lipinski definition) is 1. The van der Waals surface area contributed by atoms with Crippen molar-refractivity contribution in [2.45, 2.75) is 64.1 Å². The summed E-state index contributed by atoms with van der Waals surface area (Å²) >= 11 is 5.89. The molecule has 0 atom stereocenters. The number of rotatable bonds is 5. The van der Waals surface area contributed by atoms with Gasteiger partial charge in [-0.1, -0.05) is 68.5 Å². The molecule has 1 saturated carbocycles. The Hall–Kier alpha value is -2.27. The average Bonchev–Trinajstić information content (AvgIpc) is 3.18. The largest absolute Gasteiger partial charge is 0.454 e. The summed E-state index contributed by atoms with van der Waals surface area (Å²) in [5.41, 5.74) is 2.43. The molecule has 2 aromatic carbocycles. The summed E-state index contributed by atoms with van der Waals surface area (Å²) in [5.74, 6) is 1.64. The van der Waals surface area contributed by atoms with Crippen LogP contribution in [0.5, 0.6) is 11.5 Å². The molecule has 0 amide bonds. The Kier molecular flexibility index (Phi) is 6.88. The molecule has 29 heavy (non-hydrogen) atoms. The fourth-order valence-electron chi connectivity index (χ4n) is 4.13. The molecule has 1 fully saturated rings. The third-order valence-corrected chi connectivity index (χ3v) is 6.12. The summed E-state index contributed by atoms with van der Waals surface area (Å²) in [7, 11) is 0. The van der Waals surface area contributed by atoms with Gasteiger partial charge < -0.3 is 19.7 Å². The molecule has 0 spiro atoms. The maximum atomic E-state index is 5.89. The lowest BCUT2D eigenvalue weighted by Crippen LogP contribution is -2.44. The molecule has 1 heterocycles. The number of nitrogens with zero attached hydrogens (tertiary/aromatic N) is 1. The molecule has 4 rings (SSSR count). The van der Waals surface area contributed by atoms with Crippen LogP contribution >= 0.6 is 12.2 Å². The van der Waals surface area contributed by atoms with Crippen LogP contribution in [-0.4, -0.2) is 22.8 Å². The smallest absolute Gasteiger partial charge is 0.231 e. The molecule has 2 aliphatic rings. The van der Waals surface area contributed by atoms with E-state index in [1.165, 1.54) is 56.1 Å². The Bertz CT molecular complexity index is 804. The number of fused-ring (bicyclic) bond motifs is 1. The van der Waals surface area contributed by atoms with Crippen molar-refractivity contribution in [1.29, 1.82) is 0 Å². The molecular formula is C24H30N2O2S. The van der Waals surface area contributed by atoms with E-state index in [1.807, 2.05) is 6.07 Å². The Labute approximate surface area is 179 Å². The minimum absolute atomic E-state index is 0.300. The quantitative estimate of drug-likeness (QED) is 0.667. The third kappa shape index (κ3) is 5.63. The zero-order valence-electron chi connectivity index (χ0n) is 16.9. The summed E-state index contributed by atoms with van der Waals surface area (Å²) < 4.78 is 11.0. The lowest BCUT2D eigenvalue weighted by Gasteiger charge is -2.30. The second-order valence-electron chi connectivity index (χ2n) is 8.02. The minimum atomic E-state index is 0.300. The van der Waals surface area contributed by atoms with Crippen molar-refractivity contribution >= 4 is 17.3 Å². The Balaban J connectivity index is 1.47. The van der Waals surface area contributed by atoms with Gasteiger partial charge in [0.2, 0.25) is 6.79 Å². The molecule has 4 nitrogen and oxygen atoms in total. The van der Waals surface area contributed by atoms with E-state index >= 15 is 0 Å². The van der Waals surface area contributed by atoms with E-state index in [4.69, 9.17) is 21.7 Å². The highest BCUT2D eigenvalue weighted by molar-refractivity contribution is 7.80. The van der Waals surface area contributed by atoms with E-state index in [0.29, 0.717) is 12.8 Å². The Morgan fingerprint density at radius 3 is 2.34 bits per heavy atom. The van der Waals surface area contributed by atoms with Gasteiger partial charge in [-0.2, -0.15) is 0 Å². The van der Waals surface area contributed by atoms with E-state index in [1.54, 1.807) is 0 Å². The second-order valence-corrected chi connectivity index (χ2v) is 8.41. The van der Waals surface area contributed by atoms with Crippen molar-refractivity contribution in [3.8, 4) is 11.5 Å². The van der Waals surface area contributed by atoms with Crippen LogP contribution in [0.2, 0.25) is 0 Å². The fraction of sp³-hybridized carbons (Fsp3) is 0.458. The van der Waals surface area contributed by atoms with Crippen molar-refractivity contribution in [2.75, 3.05) is 6.79 Å². The molecule has 0 saturated heterocycles. The first-order valence-corrected chi connectivity index (χ1v) is 11.2. The topological polar surface area (TPSA) is 33.7 Å². The van der Waals surface area contributed by atoms with Gasteiger partial charge in [-0.25, -0.2) is 0 Å². The van der Waals surface area contributed by atoms with Gasteiger partial charge in [0.05, 0.1) is 0 Å². The van der Waals surface area contributed by atoms with Gasteiger partial charge in [0.1, 0.15) is 0 Å². The van der Waals surface area contributed by atoms with Crippen LogP contribution in [0.15, 0.2) is 48.5 Å².